The van der Waals surface area contributed by atoms with Crippen molar-refractivity contribution in [2.45, 2.75) is 32.6 Å². The number of hydrogen-bond donors (Lipinski definition) is 1. The SMILES string of the molecule is Cc1ccc(Cl)c(NC2=NCC3(CCCC3)CS2)c1. The van der Waals surface area contributed by atoms with Crippen LogP contribution in [-0.2, 0) is 0 Å². The summed E-state index contributed by atoms with van der Waals surface area (Å²) in [6, 6.07) is 6.04. The molecule has 102 valence electrons. The second kappa shape index (κ2) is 5.37. The van der Waals surface area contributed by atoms with Gasteiger partial charge in [0.1, 0.15) is 0 Å². The molecule has 0 aromatic heterocycles. The summed E-state index contributed by atoms with van der Waals surface area (Å²) in [5.74, 6) is 1.20. The number of aliphatic imine (C=N–C) groups is 1. The average molecular weight is 295 g/mol. The number of benzene rings is 1. The third kappa shape index (κ3) is 2.92. The number of halogens is 1. The van der Waals surface area contributed by atoms with Gasteiger partial charge in [0, 0.05) is 12.3 Å². The van der Waals surface area contributed by atoms with E-state index in [4.69, 9.17) is 16.6 Å². The minimum Gasteiger partial charge on any atom is -0.334 e. The van der Waals surface area contributed by atoms with E-state index in [2.05, 4.69) is 18.3 Å². The first kappa shape index (κ1) is 13.3. The molecule has 0 amide bonds. The van der Waals surface area contributed by atoms with E-state index >= 15 is 0 Å². The fraction of sp³-hybridized carbons (Fsp3) is 0.533. The predicted octanol–water partition coefficient (Wildman–Crippen LogP) is 4.72. The third-order valence-corrected chi connectivity index (χ3v) is 5.69. The molecule has 1 aromatic carbocycles. The smallest absolute Gasteiger partial charge is 0.161 e. The van der Waals surface area contributed by atoms with Crippen LogP contribution in [0.4, 0.5) is 5.69 Å². The molecule has 1 saturated carbocycles. The van der Waals surface area contributed by atoms with Gasteiger partial charge in [0.2, 0.25) is 0 Å². The molecule has 1 aromatic rings. The number of nitrogens with zero attached hydrogens (tertiary/aromatic N) is 1. The summed E-state index contributed by atoms with van der Waals surface area (Å²) >= 11 is 8.06. The molecular formula is C15H19ClN2S. The van der Waals surface area contributed by atoms with E-state index in [9.17, 15) is 0 Å². The summed E-state index contributed by atoms with van der Waals surface area (Å²) in [6.07, 6.45) is 5.45. The number of amidine groups is 1. The normalized spacial score (nSPS) is 21.5. The Morgan fingerprint density at radius 2 is 2.11 bits per heavy atom. The van der Waals surface area contributed by atoms with Gasteiger partial charge < -0.3 is 5.32 Å². The van der Waals surface area contributed by atoms with E-state index in [1.54, 1.807) is 0 Å². The molecule has 0 radical (unpaired) electrons. The molecule has 1 N–H and O–H groups in total. The summed E-state index contributed by atoms with van der Waals surface area (Å²) in [5, 5.41) is 5.16. The Morgan fingerprint density at radius 1 is 1.32 bits per heavy atom. The van der Waals surface area contributed by atoms with Crippen LogP contribution >= 0.6 is 23.4 Å². The minimum absolute atomic E-state index is 0.492. The molecule has 1 aliphatic heterocycles. The van der Waals surface area contributed by atoms with Crippen LogP contribution in [0.3, 0.4) is 0 Å². The molecule has 1 fully saturated rings. The Labute approximate surface area is 124 Å². The van der Waals surface area contributed by atoms with Gasteiger partial charge in [-0.2, -0.15) is 0 Å². The van der Waals surface area contributed by atoms with Gasteiger partial charge in [0.25, 0.3) is 0 Å². The Hall–Kier alpha value is -0.670. The molecule has 1 spiro atoms. The highest BCUT2D eigenvalue weighted by Crippen LogP contribution is 2.43. The second-order valence-electron chi connectivity index (χ2n) is 5.73. The molecule has 0 unspecified atom stereocenters. The van der Waals surface area contributed by atoms with Crippen molar-refractivity contribution in [3.63, 3.8) is 0 Å². The highest BCUT2D eigenvalue weighted by molar-refractivity contribution is 8.14. The van der Waals surface area contributed by atoms with Gasteiger partial charge in [0.05, 0.1) is 10.7 Å². The molecular weight excluding hydrogens is 276 g/mol. The standard InChI is InChI=1S/C15H19ClN2S/c1-11-4-5-12(16)13(8-11)18-14-17-9-15(10-19-14)6-2-3-7-15/h4-5,8H,2-3,6-7,9-10H2,1H3,(H,17,18). The van der Waals surface area contributed by atoms with Gasteiger partial charge in [-0.15, -0.1) is 0 Å². The maximum Gasteiger partial charge on any atom is 0.161 e. The number of nitrogens with one attached hydrogen (secondary N) is 1. The van der Waals surface area contributed by atoms with Crippen LogP contribution in [0.25, 0.3) is 0 Å². The summed E-state index contributed by atoms with van der Waals surface area (Å²) in [4.78, 5) is 4.74. The summed E-state index contributed by atoms with van der Waals surface area (Å²) in [7, 11) is 0. The number of anilines is 1. The number of hydrogen-bond acceptors (Lipinski definition) is 3. The van der Waals surface area contributed by atoms with Crippen molar-refractivity contribution < 1.29 is 0 Å². The van der Waals surface area contributed by atoms with Crippen molar-refractivity contribution in [2.24, 2.45) is 10.4 Å². The van der Waals surface area contributed by atoms with E-state index < -0.39 is 0 Å². The largest absolute Gasteiger partial charge is 0.334 e. The van der Waals surface area contributed by atoms with Crippen LogP contribution < -0.4 is 5.32 Å². The monoisotopic (exact) mass is 294 g/mol. The van der Waals surface area contributed by atoms with Crippen molar-refractivity contribution in [1.82, 2.24) is 0 Å². The quantitative estimate of drug-likeness (QED) is 0.810. The number of thioether (sulfide) groups is 1. The van der Waals surface area contributed by atoms with Crippen molar-refractivity contribution in [2.75, 3.05) is 17.6 Å². The summed E-state index contributed by atoms with van der Waals surface area (Å²) in [5.41, 5.74) is 2.67. The van der Waals surface area contributed by atoms with Gasteiger partial charge in [-0.25, -0.2) is 0 Å². The third-order valence-electron chi connectivity index (χ3n) is 4.10. The van der Waals surface area contributed by atoms with E-state index in [0.717, 1.165) is 22.4 Å². The van der Waals surface area contributed by atoms with Crippen LogP contribution in [0.5, 0.6) is 0 Å². The van der Waals surface area contributed by atoms with Crippen molar-refractivity contribution >= 4 is 34.2 Å². The van der Waals surface area contributed by atoms with Gasteiger partial charge in [0.15, 0.2) is 5.17 Å². The van der Waals surface area contributed by atoms with E-state index in [-0.39, 0.29) is 0 Å². The predicted molar refractivity (Wildman–Crippen MR) is 85.5 cm³/mol. The maximum absolute atomic E-state index is 6.21. The molecule has 1 heterocycles. The number of rotatable bonds is 1. The highest BCUT2D eigenvalue weighted by Gasteiger charge is 2.36. The van der Waals surface area contributed by atoms with Gasteiger partial charge in [-0.05, 0) is 42.9 Å². The zero-order valence-corrected chi connectivity index (χ0v) is 12.8. The van der Waals surface area contributed by atoms with Crippen LogP contribution in [0.15, 0.2) is 23.2 Å². The van der Waals surface area contributed by atoms with E-state index in [0.29, 0.717) is 5.41 Å². The Morgan fingerprint density at radius 3 is 2.79 bits per heavy atom. The van der Waals surface area contributed by atoms with Crippen LogP contribution in [-0.4, -0.2) is 17.5 Å². The topological polar surface area (TPSA) is 24.4 Å². The zero-order chi connectivity index (χ0) is 13.3. The van der Waals surface area contributed by atoms with E-state index in [1.165, 1.54) is 37.0 Å². The fourth-order valence-corrected chi connectivity index (χ4v) is 4.23. The lowest BCUT2D eigenvalue weighted by molar-refractivity contribution is 0.359. The van der Waals surface area contributed by atoms with E-state index in [1.807, 2.05) is 23.9 Å². The summed E-state index contributed by atoms with van der Waals surface area (Å²) < 4.78 is 0. The van der Waals surface area contributed by atoms with Gasteiger partial charge >= 0.3 is 0 Å². The van der Waals surface area contributed by atoms with Crippen molar-refractivity contribution in [3.8, 4) is 0 Å². The molecule has 0 bridgehead atoms. The molecule has 4 heteroatoms. The fourth-order valence-electron chi connectivity index (χ4n) is 2.91. The Kier molecular flexibility index (Phi) is 3.77. The van der Waals surface area contributed by atoms with Crippen LogP contribution in [0.1, 0.15) is 31.2 Å². The molecule has 1 aliphatic carbocycles. The van der Waals surface area contributed by atoms with Crippen molar-refractivity contribution in [3.05, 3.63) is 28.8 Å². The van der Waals surface area contributed by atoms with Crippen LogP contribution in [0, 0.1) is 12.3 Å². The summed E-state index contributed by atoms with van der Waals surface area (Å²) in [6.45, 7) is 3.05. The lowest BCUT2D eigenvalue weighted by Crippen LogP contribution is -2.30. The minimum atomic E-state index is 0.492. The van der Waals surface area contributed by atoms with Gasteiger partial charge in [-0.1, -0.05) is 42.3 Å². The molecule has 0 atom stereocenters. The van der Waals surface area contributed by atoms with Gasteiger partial charge in [-0.3, -0.25) is 4.99 Å². The molecule has 19 heavy (non-hydrogen) atoms. The maximum atomic E-state index is 6.21. The Balaban J connectivity index is 1.71. The first-order valence-corrected chi connectivity index (χ1v) is 8.24. The van der Waals surface area contributed by atoms with Crippen molar-refractivity contribution in [1.29, 1.82) is 0 Å². The average Bonchev–Trinajstić information content (AvgIpc) is 2.85. The Bertz CT molecular complexity index is 507. The molecule has 2 aliphatic rings. The molecule has 3 rings (SSSR count). The zero-order valence-electron chi connectivity index (χ0n) is 11.2. The number of aryl methyl sites for hydroxylation is 1. The first-order valence-electron chi connectivity index (χ1n) is 6.87. The lowest BCUT2D eigenvalue weighted by Gasteiger charge is -2.31. The lowest BCUT2D eigenvalue weighted by atomic mass is 9.89. The highest BCUT2D eigenvalue weighted by atomic mass is 35.5. The van der Waals surface area contributed by atoms with Crippen LogP contribution in [0.2, 0.25) is 5.02 Å². The second-order valence-corrected chi connectivity index (χ2v) is 7.10. The molecule has 2 nitrogen and oxygen atoms in total. The molecule has 0 saturated heterocycles. The first-order chi connectivity index (χ1) is 9.17.